The second-order valence-corrected chi connectivity index (χ2v) is 12.1. The van der Waals surface area contributed by atoms with Gasteiger partial charge >= 0.3 is 0 Å². The number of Topliss-reactive ketones (excluding diaryl/α,β-unsaturated/α-hetero) is 1. The molecule has 0 N–H and O–H groups in total. The third-order valence-corrected chi connectivity index (χ3v) is 7.63. The van der Waals surface area contributed by atoms with Crippen LogP contribution in [-0.2, 0) is 6.42 Å². The van der Waals surface area contributed by atoms with Crippen LogP contribution in [0.5, 0.6) is 0 Å². The zero-order chi connectivity index (χ0) is 25.4. The number of pyridine rings is 2. The van der Waals surface area contributed by atoms with Crippen molar-refractivity contribution >= 4 is 11.6 Å². The Kier molecular flexibility index (Phi) is 6.71. The fourth-order valence-electron chi connectivity index (χ4n) is 5.64. The van der Waals surface area contributed by atoms with Crippen LogP contribution in [-0.4, -0.2) is 38.6 Å². The molecule has 0 aromatic carbocycles. The lowest BCUT2D eigenvalue weighted by molar-refractivity contribution is 0.0992. The topological polar surface area (TPSA) is 63.9 Å². The van der Waals surface area contributed by atoms with Crippen LogP contribution in [0.2, 0.25) is 0 Å². The van der Waals surface area contributed by atoms with Gasteiger partial charge in [-0.05, 0) is 86.0 Å². The summed E-state index contributed by atoms with van der Waals surface area (Å²) in [4.78, 5) is 25.0. The summed E-state index contributed by atoms with van der Waals surface area (Å²) in [6, 6.07) is 6.25. The van der Waals surface area contributed by atoms with Crippen LogP contribution in [0.25, 0.3) is 5.82 Å². The fraction of sp³-hybridized carbons (Fsp3) is 0.533. The average Bonchev–Trinajstić information content (AvgIpc) is 3.61. The van der Waals surface area contributed by atoms with Gasteiger partial charge in [-0.3, -0.25) is 4.79 Å². The molecule has 1 saturated heterocycles. The molecule has 4 heterocycles. The molecule has 1 aliphatic heterocycles. The molecule has 190 valence electrons. The van der Waals surface area contributed by atoms with E-state index in [0.717, 1.165) is 47.5 Å². The van der Waals surface area contributed by atoms with Crippen molar-refractivity contribution in [3.8, 4) is 5.82 Å². The smallest absolute Gasteiger partial charge is 0.170 e. The molecule has 2 fully saturated rings. The maximum Gasteiger partial charge on any atom is 0.170 e. The Bertz CT molecular complexity index is 1230. The van der Waals surface area contributed by atoms with Gasteiger partial charge in [0.25, 0.3) is 0 Å². The van der Waals surface area contributed by atoms with Gasteiger partial charge in [-0.2, -0.15) is 5.10 Å². The molecule has 1 aliphatic carbocycles. The SMILES string of the molecule is Cc1cc(CC(=O)c2cnn(-c3ccc(C4CC4)cn3)c2C)cnc1N1CCC(CC(C)(C)C)CC1. The molecule has 0 atom stereocenters. The van der Waals surface area contributed by atoms with Crippen molar-refractivity contribution in [3.05, 3.63) is 64.7 Å². The number of carbonyl (C=O) groups is 1. The Hall–Kier alpha value is -3.02. The number of rotatable bonds is 7. The minimum absolute atomic E-state index is 0.0605. The first-order valence-corrected chi connectivity index (χ1v) is 13.4. The highest BCUT2D eigenvalue weighted by molar-refractivity contribution is 5.98. The summed E-state index contributed by atoms with van der Waals surface area (Å²) < 4.78 is 1.76. The molecule has 6 heteroatoms. The van der Waals surface area contributed by atoms with Gasteiger partial charge < -0.3 is 4.90 Å². The summed E-state index contributed by atoms with van der Waals surface area (Å²) in [5.74, 6) is 3.35. The minimum Gasteiger partial charge on any atom is -0.356 e. The van der Waals surface area contributed by atoms with Gasteiger partial charge in [0, 0.05) is 31.9 Å². The quantitative estimate of drug-likeness (QED) is 0.371. The average molecular weight is 486 g/mol. The van der Waals surface area contributed by atoms with Crippen LogP contribution in [0.4, 0.5) is 5.82 Å². The number of anilines is 1. The first kappa shape index (κ1) is 24.7. The Morgan fingerprint density at radius 1 is 1.00 bits per heavy atom. The number of piperidine rings is 1. The normalized spacial score (nSPS) is 17.0. The maximum absolute atomic E-state index is 13.2. The van der Waals surface area contributed by atoms with Crippen LogP contribution in [0.15, 0.2) is 36.8 Å². The first-order valence-electron chi connectivity index (χ1n) is 13.4. The Morgan fingerprint density at radius 3 is 2.36 bits per heavy atom. The molecule has 6 nitrogen and oxygen atoms in total. The largest absolute Gasteiger partial charge is 0.356 e. The van der Waals surface area contributed by atoms with E-state index in [1.54, 1.807) is 10.9 Å². The number of hydrogen-bond acceptors (Lipinski definition) is 5. The lowest BCUT2D eigenvalue weighted by atomic mass is 9.80. The van der Waals surface area contributed by atoms with E-state index in [1.165, 1.54) is 37.7 Å². The van der Waals surface area contributed by atoms with E-state index in [2.05, 4.69) is 54.8 Å². The lowest BCUT2D eigenvalue weighted by Crippen LogP contribution is -2.35. The van der Waals surface area contributed by atoms with Crippen LogP contribution in [0.1, 0.15) is 91.5 Å². The predicted octanol–water partition coefficient (Wildman–Crippen LogP) is 6.23. The van der Waals surface area contributed by atoms with Gasteiger partial charge in [-0.15, -0.1) is 0 Å². The van der Waals surface area contributed by atoms with Crippen LogP contribution < -0.4 is 4.90 Å². The first-order chi connectivity index (χ1) is 17.2. The molecule has 0 radical (unpaired) electrons. The fourth-order valence-corrected chi connectivity index (χ4v) is 5.64. The van der Waals surface area contributed by atoms with Crippen LogP contribution in [0.3, 0.4) is 0 Å². The number of aromatic nitrogens is 4. The van der Waals surface area contributed by atoms with Gasteiger partial charge in [0.15, 0.2) is 11.6 Å². The van der Waals surface area contributed by atoms with E-state index < -0.39 is 0 Å². The molecule has 0 amide bonds. The van der Waals surface area contributed by atoms with Gasteiger partial charge in [0.1, 0.15) is 5.82 Å². The summed E-state index contributed by atoms with van der Waals surface area (Å²) in [5.41, 5.74) is 5.24. The summed E-state index contributed by atoms with van der Waals surface area (Å²) in [7, 11) is 0. The number of carbonyl (C=O) groups excluding carboxylic acids is 1. The number of aryl methyl sites for hydroxylation is 1. The summed E-state index contributed by atoms with van der Waals surface area (Å²) >= 11 is 0. The van der Waals surface area contributed by atoms with Crippen molar-refractivity contribution in [3.63, 3.8) is 0 Å². The second-order valence-electron chi connectivity index (χ2n) is 12.1. The minimum atomic E-state index is 0.0605. The molecule has 0 unspecified atom stereocenters. The van der Waals surface area contributed by atoms with E-state index in [9.17, 15) is 4.79 Å². The highest BCUT2D eigenvalue weighted by Crippen LogP contribution is 2.39. The number of ketones is 1. The Labute approximate surface area is 215 Å². The van der Waals surface area contributed by atoms with E-state index in [1.807, 2.05) is 25.4 Å². The molecule has 3 aromatic heterocycles. The number of nitrogens with zero attached hydrogens (tertiary/aromatic N) is 5. The Morgan fingerprint density at radius 2 is 1.75 bits per heavy atom. The third kappa shape index (κ3) is 5.53. The standard InChI is InChI=1S/C30H39N5O/c1-20-14-23(17-32-29(20)34-12-10-22(11-13-34)16-30(3,4)5)15-27(36)26-19-33-35(21(26)2)28-9-8-25(18-31-28)24-6-7-24/h8-9,14,17-19,22,24H,6-7,10-13,15-16H2,1-5H3. The lowest BCUT2D eigenvalue weighted by Gasteiger charge is -2.36. The van der Waals surface area contributed by atoms with Crippen molar-refractivity contribution in [1.82, 2.24) is 19.7 Å². The maximum atomic E-state index is 13.2. The molecule has 0 bridgehead atoms. The zero-order valence-corrected chi connectivity index (χ0v) is 22.4. The zero-order valence-electron chi connectivity index (χ0n) is 22.4. The monoisotopic (exact) mass is 485 g/mol. The van der Waals surface area contributed by atoms with E-state index >= 15 is 0 Å². The molecule has 5 rings (SSSR count). The highest BCUT2D eigenvalue weighted by Gasteiger charge is 2.26. The molecule has 3 aromatic rings. The molecule has 36 heavy (non-hydrogen) atoms. The second kappa shape index (κ2) is 9.79. The van der Waals surface area contributed by atoms with Gasteiger partial charge in [-0.25, -0.2) is 14.6 Å². The van der Waals surface area contributed by atoms with Crippen LogP contribution in [0, 0.1) is 25.2 Å². The van der Waals surface area contributed by atoms with Crippen molar-refractivity contribution < 1.29 is 4.79 Å². The van der Waals surface area contributed by atoms with Crippen molar-refractivity contribution in [1.29, 1.82) is 0 Å². The van der Waals surface area contributed by atoms with E-state index in [-0.39, 0.29) is 5.78 Å². The van der Waals surface area contributed by atoms with E-state index in [0.29, 0.717) is 23.3 Å². The number of hydrogen-bond donors (Lipinski definition) is 0. The van der Waals surface area contributed by atoms with Crippen LogP contribution >= 0.6 is 0 Å². The van der Waals surface area contributed by atoms with Crippen molar-refractivity contribution in [2.45, 2.75) is 79.1 Å². The molecule has 1 saturated carbocycles. The van der Waals surface area contributed by atoms with Gasteiger partial charge in [-0.1, -0.05) is 32.9 Å². The predicted molar refractivity (Wildman–Crippen MR) is 144 cm³/mol. The molecular weight excluding hydrogens is 446 g/mol. The van der Waals surface area contributed by atoms with E-state index in [4.69, 9.17) is 4.98 Å². The van der Waals surface area contributed by atoms with Gasteiger partial charge in [0.05, 0.1) is 17.5 Å². The molecular formula is C30H39N5O. The summed E-state index contributed by atoms with van der Waals surface area (Å²) in [6.45, 7) is 13.2. The molecule has 2 aliphatic rings. The third-order valence-electron chi connectivity index (χ3n) is 7.63. The Balaban J connectivity index is 1.23. The summed E-state index contributed by atoms with van der Waals surface area (Å²) in [6.07, 6.45) is 12.1. The van der Waals surface area contributed by atoms with Crippen molar-refractivity contribution in [2.75, 3.05) is 18.0 Å². The summed E-state index contributed by atoms with van der Waals surface area (Å²) in [5, 5.41) is 4.47. The van der Waals surface area contributed by atoms with Crippen molar-refractivity contribution in [2.24, 2.45) is 11.3 Å². The highest BCUT2D eigenvalue weighted by atomic mass is 16.1. The molecule has 0 spiro atoms. The van der Waals surface area contributed by atoms with Gasteiger partial charge in [0.2, 0.25) is 0 Å².